The summed E-state index contributed by atoms with van der Waals surface area (Å²) in [7, 11) is 0. The third-order valence-corrected chi connectivity index (χ3v) is 4.88. The molecule has 1 unspecified atom stereocenters. The normalized spacial score (nSPS) is 25.1. The Morgan fingerprint density at radius 1 is 1.12 bits per heavy atom. The lowest BCUT2D eigenvalue weighted by Gasteiger charge is -2.23. The van der Waals surface area contributed by atoms with Crippen LogP contribution in [0.25, 0.3) is 0 Å². The highest BCUT2D eigenvalue weighted by Gasteiger charge is 2.41. The van der Waals surface area contributed by atoms with E-state index in [2.05, 4.69) is 0 Å². The van der Waals surface area contributed by atoms with Gasteiger partial charge in [0, 0.05) is 37.4 Å². The topological polar surface area (TPSA) is 85.1 Å². The van der Waals surface area contributed by atoms with Gasteiger partial charge in [0.05, 0.1) is 0 Å². The fraction of sp³-hybridized carbons (Fsp3) is 0.529. The zero-order chi connectivity index (χ0) is 16.7. The van der Waals surface area contributed by atoms with E-state index in [-0.39, 0.29) is 30.3 Å². The first-order valence-electron chi connectivity index (χ1n) is 8.39. The lowest BCUT2D eigenvalue weighted by molar-refractivity contribution is -0.139. The SMILES string of the molecule is Cl.N[C@@H]1CCN(C(=O)C2CCN(c3ccc4c(c3)OCCO4)C2=O)C1. The highest BCUT2D eigenvalue weighted by Crippen LogP contribution is 2.36. The third-order valence-electron chi connectivity index (χ3n) is 4.88. The van der Waals surface area contributed by atoms with Crippen molar-refractivity contribution in [3.63, 3.8) is 0 Å². The van der Waals surface area contributed by atoms with Gasteiger partial charge in [0.15, 0.2) is 11.5 Å². The van der Waals surface area contributed by atoms with E-state index in [4.69, 9.17) is 15.2 Å². The number of carbonyl (C=O) groups is 2. The molecule has 25 heavy (non-hydrogen) atoms. The molecule has 2 saturated heterocycles. The molecule has 2 atom stereocenters. The number of halogens is 1. The van der Waals surface area contributed by atoms with E-state index in [0.29, 0.717) is 50.8 Å². The van der Waals surface area contributed by atoms with Crippen LogP contribution in [0.2, 0.25) is 0 Å². The number of amides is 2. The van der Waals surface area contributed by atoms with Crippen LogP contribution in [0.5, 0.6) is 11.5 Å². The van der Waals surface area contributed by atoms with Crippen LogP contribution < -0.4 is 20.1 Å². The molecule has 0 aliphatic carbocycles. The molecule has 0 saturated carbocycles. The first-order chi connectivity index (χ1) is 11.6. The molecule has 7 nitrogen and oxygen atoms in total. The van der Waals surface area contributed by atoms with E-state index in [1.54, 1.807) is 9.80 Å². The van der Waals surface area contributed by atoms with Crippen molar-refractivity contribution in [3.05, 3.63) is 18.2 Å². The second kappa shape index (κ2) is 7.09. The molecule has 2 N–H and O–H groups in total. The predicted molar refractivity (Wildman–Crippen MR) is 94.3 cm³/mol. The maximum absolute atomic E-state index is 12.7. The Labute approximate surface area is 152 Å². The van der Waals surface area contributed by atoms with Crippen molar-refractivity contribution in [2.75, 3.05) is 37.7 Å². The Morgan fingerprint density at radius 2 is 1.88 bits per heavy atom. The highest BCUT2D eigenvalue weighted by molar-refractivity contribution is 6.09. The monoisotopic (exact) mass is 367 g/mol. The van der Waals surface area contributed by atoms with Crippen molar-refractivity contribution in [1.82, 2.24) is 4.90 Å². The predicted octanol–water partition coefficient (Wildman–Crippen LogP) is 0.792. The van der Waals surface area contributed by atoms with Gasteiger partial charge in [-0.1, -0.05) is 0 Å². The molecule has 4 rings (SSSR count). The molecule has 2 amide bonds. The Kier molecular flexibility index (Phi) is 5.06. The number of nitrogens with zero attached hydrogens (tertiary/aromatic N) is 2. The van der Waals surface area contributed by atoms with Crippen LogP contribution in [0.15, 0.2) is 18.2 Å². The molecule has 0 aromatic heterocycles. The molecule has 8 heteroatoms. The van der Waals surface area contributed by atoms with Gasteiger partial charge in [-0.2, -0.15) is 0 Å². The molecule has 3 heterocycles. The van der Waals surface area contributed by atoms with Crippen molar-refractivity contribution in [3.8, 4) is 11.5 Å². The van der Waals surface area contributed by atoms with E-state index in [1.165, 1.54) is 0 Å². The number of rotatable bonds is 2. The van der Waals surface area contributed by atoms with E-state index < -0.39 is 5.92 Å². The summed E-state index contributed by atoms with van der Waals surface area (Å²) < 4.78 is 11.1. The van der Waals surface area contributed by atoms with E-state index in [9.17, 15) is 9.59 Å². The van der Waals surface area contributed by atoms with Gasteiger partial charge < -0.3 is 25.0 Å². The van der Waals surface area contributed by atoms with Crippen LogP contribution in [-0.2, 0) is 9.59 Å². The molecule has 3 aliphatic rings. The zero-order valence-corrected chi connectivity index (χ0v) is 14.7. The number of hydrogen-bond acceptors (Lipinski definition) is 5. The first kappa shape index (κ1) is 17.8. The molecule has 0 bridgehead atoms. The van der Waals surface area contributed by atoms with Gasteiger partial charge in [-0.05, 0) is 25.0 Å². The van der Waals surface area contributed by atoms with E-state index in [1.807, 2.05) is 18.2 Å². The Balaban J connectivity index is 0.00000182. The number of anilines is 1. The smallest absolute Gasteiger partial charge is 0.239 e. The van der Waals surface area contributed by atoms with Crippen molar-refractivity contribution < 1.29 is 19.1 Å². The Morgan fingerprint density at radius 3 is 2.60 bits per heavy atom. The molecule has 0 spiro atoms. The standard InChI is InChI=1S/C17H21N3O4.ClH/c18-11-3-5-19(10-11)16(21)13-4-6-20(17(13)22)12-1-2-14-15(9-12)24-8-7-23-14;/h1-2,9,11,13H,3-8,10,18H2;1H/t11-,13?;/m1./s1. The van der Waals surface area contributed by atoms with Crippen LogP contribution in [-0.4, -0.2) is 55.6 Å². The Bertz CT molecular complexity index is 684. The zero-order valence-electron chi connectivity index (χ0n) is 13.8. The fourth-order valence-electron chi connectivity index (χ4n) is 3.57. The summed E-state index contributed by atoms with van der Waals surface area (Å²) in [6, 6.07) is 5.49. The molecule has 1 aromatic rings. The first-order valence-corrected chi connectivity index (χ1v) is 8.39. The number of hydrogen-bond donors (Lipinski definition) is 1. The average molecular weight is 368 g/mol. The Hall–Kier alpha value is -1.99. The molecule has 2 fully saturated rings. The largest absolute Gasteiger partial charge is 0.486 e. The van der Waals surface area contributed by atoms with Gasteiger partial charge in [-0.25, -0.2) is 0 Å². The van der Waals surface area contributed by atoms with Crippen LogP contribution in [0.4, 0.5) is 5.69 Å². The van der Waals surface area contributed by atoms with Crippen LogP contribution in [0.3, 0.4) is 0 Å². The summed E-state index contributed by atoms with van der Waals surface area (Å²) in [6.07, 6.45) is 1.34. The second-order valence-electron chi connectivity index (χ2n) is 6.49. The summed E-state index contributed by atoms with van der Waals surface area (Å²) in [5.74, 6) is 0.510. The van der Waals surface area contributed by atoms with Gasteiger partial charge in [0.1, 0.15) is 19.1 Å². The van der Waals surface area contributed by atoms with Gasteiger partial charge in [-0.3, -0.25) is 9.59 Å². The summed E-state index contributed by atoms with van der Waals surface area (Å²) in [6.45, 7) is 2.76. The number of fused-ring (bicyclic) bond motifs is 1. The van der Waals surface area contributed by atoms with Crippen molar-refractivity contribution in [1.29, 1.82) is 0 Å². The maximum Gasteiger partial charge on any atom is 0.239 e. The number of benzene rings is 1. The molecule has 136 valence electrons. The minimum Gasteiger partial charge on any atom is -0.486 e. The quantitative estimate of drug-likeness (QED) is 0.781. The van der Waals surface area contributed by atoms with Gasteiger partial charge in [0.2, 0.25) is 11.8 Å². The minimum atomic E-state index is -0.594. The summed E-state index contributed by atoms with van der Waals surface area (Å²) in [4.78, 5) is 28.7. The second-order valence-corrected chi connectivity index (χ2v) is 6.49. The summed E-state index contributed by atoms with van der Waals surface area (Å²) in [5.41, 5.74) is 6.61. The average Bonchev–Trinajstić information content (AvgIpc) is 3.20. The molecule has 3 aliphatic heterocycles. The van der Waals surface area contributed by atoms with Gasteiger partial charge >= 0.3 is 0 Å². The number of carbonyl (C=O) groups excluding carboxylic acids is 2. The molecule has 1 aromatic carbocycles. The van der Waals surface area contributed by atoms with Crippen LogP contribution >= 0.6 is 12.4 Å². The lowest BCUT2D eigenvalue weighted by atomic mass is 10.1. The number of nitrogens with two attached hydrogens (primary N) is 1. The minimum absolute atomic E-state index is 0. The van der Waals surface area contributed by atoms with Gasteiger partial charge in [0.25, 0.3) is 0 Å². The number of ether oxygens (including phenoxy) is 2. The van der Waals surface area contributed by atoms with E-state index >= 15 is 0 Å². The van der Waals surface area contributed by atoms with Crippen molar-refractivity contribution >= 4 is 29.9 Å². The molecule has 0 radical (unpaired) electrons. The third kappa shape index (κ3) is 3.26. The summed E-state index contributed by atoms with van der Waals surface area (Å²) in [5, 5.41) is 0. The van der Waals surface area contributed by atoms with Gasteiger partial charge in [-0.15, -0.1) is 12.4 Å². The van der Waals surface area contributed by atoms with Crippen LogP contribution in [0, 0.1) is 5.92 Å². The van der Waals surface area contributed by atoms with Crippen molar-refractivity contribution in [2.24, 2.45) is 11.7 Å². The summed E-state index contributed by atoms with van der Waals surface area (Å²) >= 11 is 0. The molecular weight excluding hydrogens is 346 g/mol. The fourth-order valence-corrected chi connectivity index (χ4v) is 3.57. The number of likely N-dealkylation sites (tertiary alicyclic amines) is 1. The highest BCUT2D eigenvalue weighted by atomic mass is 35.5. The van der Waals surface area contributed by atoms with E-state index in [0.717, 1.165) is 12.1 Å². The molecular formula is C17H22ClN3O4. The van der Waals surface area contributed by atoms with Crippen molar-refractivity contribution in [2.45, 2.75) is 18.9 Å². The maximum atomic E-state index is 12.7. The lowest BCUT2D eigenvalue weighted by Crippen LogP contribution is -2.40. The van der Waals surface area contributed by atoms with Crippen LogP contribution in [0.1, 0.15) is 12.8 Å².